The van der Waals surface area contributed by atoms with Crippen molar-refractivity contribution >= 4 is 40.3 Å². The van der Waals surface area contributed by atoms with Crippen molar-refractivity contribution in [3.63, 3.8) is 0 Å². The fraction of sp³-hybridized carbons (Fsp3) is 0.548. The Morgan fingerprint density at radius 3 is 2.49 bits per heavy atom. The third-order valence-corrected chi connectivity index (χ3v) is 9.72. The highest BCUT2D eigenvalue weighted by Crippen LogP contribution is 2.34. The standard InChI is InChI=1S/C31H43N9O2S/c1-3-21-18-23(4-5-25(21)40-10-6-24(7-11-40)39-14-12-38(2)13-15-39)35-31-28(29(32)41)36-27(26-19-33-20-43-26)30(37-31)34-22-8-16-42-17-9-22/h4-5,18-20,22,24H,3,6-17H2,1-2H3,(H2,32,41)(H2,34,35,37). The summed E-state index contributed by atoms with van der Waals surface area (Å²) in [5, 5.41) is 6.94. The van der Waals surface area contributed by atoms with Crippen LogP contribution in [0.2, 0.25) is 0 Å². The number of nitrogens with two attached hydrogens (primary N) is 1. The molecule has 5 heterocycles. The highest BCUT2D eigenvalue weighted by atomic mass is 32.1. The van der Waals surface area contributed by atoms with E-state index in [0.29, 0.717) is 36.6 Å². The zero-order chi connectivity index (χ0) is 29.8. The third kappa shape index (κ3) is 6.93. The predicted molar refractivity (Wildman–Crippen MR) is 173 cm³/mol. The molecule has 0 atom stereocenters. The largest absolute Gasteiger partial charge is 0.381 e. The van der Waals surface area contributed by atoms with E-state index >= 15 is 0 Å². The van der Waals surface area contributed by atoms with E-state index in [9.17, 15) is 4.79 Å². The summed E-state index contributed by atoms with van der Waals surface area (Å²) in [5.74, 6) is 0.325. The smallest absolute Gasteiger partial charge is 0.271 e. The Morgan fingerprint density at radius 2 is 1.81 bits per heavy atom. The van der Waals surface area contributed by atoms with Crippen molar-refractivity contribution in [1.82, 2.24) is 24.8 Å². The predicted octanol–water partition coefficient (Wildman–Crippen LogP) is 3.81. The van der Waals surface area contributed by atoms with Gasteiger partial charge in [-0.25, -0.2) is 9.97 Å². The number of rotatable bonds is 9. The summed E-state index contributed by atoms with van der Waals surface area (Å²) in [6, 6.07) is 7.31. The lowest BCUT2D eigenvalue weighted by Crippen LogP contribution is -2.52. The van der Waals surface area contributed by atoms with Gasteiger partial charge in [-0.15, -0.1) is 11.3 Å². The Hall–Kier alpha value is -3.32. The topological polar surface area (TPSA) is 125 Å². The van der Waals surface area contributed by atoms with Crippen molar-refractivity contribution in [3.05, 3.63) is 41.2 Å². The Balaban J connectivity index is 1.22. The zero-order valence-corrected chi connectivity index (χ0v) is 26.0. The van der Waals surface area contributed by atoms with Crippen molar-refractivity contribution in [3.8, 4) is 10.6 Å². The zero-order valence-electron chi connectivity index (χ0n) is 25.2. The number of primary amides is 1. The second-order valence-corrected chi connectivity index (χ2v) is 12.6. The number of anilines is 4. The van der Waals surface area contributed by atoms with Gasteiger partial charge in [0.25, 0.3) is 5.91 Å². The molecule has 0 unspecified atom stereocenters. The molecule has 3 aliphatic rings. The molecule has 3 aliphatic heterocycles. The summed E-state index contributed by atoms with van der Waals surface area (Å²) in [4.78, 5) is 34.9. The normalized spacial score (nSPS) is 19.4. The van der Waals surface area contributed by atoms with Gasteiger partial charge in [0.05, 0.1) is 10.4 Å². The van der Waals surface area contributed by atoms with Gasteiger partial charge in [-0.3, -0.25) is 14.7 Å². The number of amides is 1. The number of thiazole rings is 1. The maximum absolute atomic E-state index is 12.6. The summed E-state index contributed by atoms with van der Waals surface area (Å²) >= 11 is 1.45. The van der Waals surface area contributed by atoms with E-state index in [0.717, 1.165) is 56.0 Å². The quantitative estimate of drug-likeness (QED) is 0.332. The van der Waals surface area contributed by atoms with E-state index in [1.54, 1.807) is 11.7 Å². The Morgan fingerprint density at radius 1 is 1.05 bits per heavy atom. The van der Waals surface area contributed by atoms with Crippen LogP contribution < -0.4 is 21.3 Å². The van der Waals surface area contributed by atoms with Crippen LogP contribution in [0, 0.1) is 0 Å². The van der Waals surface area contributed by atoms with Gasteiger partial charge in [-0.2, -0.15) is 0 Å². The molecule has 43 heavy (non-hydrogen) atoms. The molecule has 3 fully saturated rings. The summed E-state index contributed by atoms with van der Waals surface area (Å²) < 4.78 is 5.54. The summed E-state index contributed by atoms with van der Waals surface area (Å²) in [6.45, 7) is 10.4. The number of piperazine rings is 1. The lowest BCUT2D eigenvalue weighted by molar-refractivity contribution is 0.0904. The number of aromatic nitrogens is 3. The molecule has 0 spiro atoms. The van der Waals surface area contributed by atoms with Crippen molar-refractivity contribution < 1.29 is 9.53 Å². The Bertz CT molecular complexity index is 1380. The molecular formula is C31H43N9O2S. The first kappa shape index (κ1) is 29.7. The third-order valence-electron chi connectivity index (χ3n) is 8.94. The highest BCUT2D eigenvalue weighted by Gasteiger charge is 2.28. The van der Waals surface area contributed by atoms with Crippen LogP contribution >= 0.6 is 11.3 Å². The van der Waals surface area contributed by atoms with Gasteiger partial charge in [-0.1, -0.05) is 6.92 Å². The number of aryl methyl sites for hydroxylation is 1. The molecule has 0 radical (unpaired) electrons. The van der Waals surface area contributed by atoms with E-state index in [-0.39, 0.29) is 11.7 Å². The summed E-state index contributed by atoms with van der Waals surface area (Å²) in [5.41, 5.74) is 11.7. The molecule has 4 N–H and O–H groups in total. The minimum Gasteiger partial charge on any atom is -0.381 e. The number of piperidine rings is 1. The molecule has 1 aromatic carbocycles. The number of ether oxygens (including phenoxy) is 1. The van der Waals surface area contributed by atoms with Gasteiger partial charge in [0, 0.05) is 82.1 Å². The number of hydrogen-bond donors (Lipinski definition) is 3. The van der Waals surface area contributed by atoms with E-state index in [1.807, 2.05) is 0 Å². The van der Waals surface area contributed by atoms with E-state index < -0.39 is 5.91 Å². The number of nitrogens with one attached hydrogen (secondary N) is 2. The maximum atomic E-state index is 12.6. The highest BCUT2D eigenvalue weighted by molar-refractivity contribution is 7.13. The minimum atomic E-state index is -0.631. The van der Waals surface area contributed by atoms with Gasteiger partial charge in [0.1, 0.15) is 5.69 Å². The van der Waals surface area contributed by atoms with Crippen LogP contribution in [0.4, 0.5) is 23.0 Å². The lowest BCUT2D eigenvalue weighted by Gasteiger charge is -2.43. The first-order valence-electron chi connectivity index (χ1n) is 15.5. The molecule has 230 valence electrons. The van der Waals surface area contributed by atoms with E-state index in [2.05, 4.69) is 62.5 Å². The van der Waals surface area contributed by atoms with Gasteiger partial charge in [0.15, 0.2) is 17.3 Å². The number of nitrogens with zero attached hydrogens (tertiary/aromatic N) is 6. The molecule has 6 rings (SSSR count). The molecule has 1 amide bonds. The van der Waals surface area contributed by atoms with Crippen LogP contribution in [0.15, 0.2) is 29.9 Å². The van der Waals surface area contributed by atoms with Crippen molar-refractivity contribution in [1.29, 1.82) is 0 Å². The molecule has 2 aromatic heterocycles. The van der Waals surface area contributed by atoms with Crippen molar-refractivity contribution in [2.75, 3.05) is 75.1 Å². The molecule has 12 heteroatoms. The molecule has 0 saturated carbocycles. The number of hydrogen-bond acceptors (Lipinski definition) is 11. The maximum Gasteiger partial charge on any atom is 0.271 e. The van der Waals surface area contributed by atoms with E-state index in [1.165, 1.54) is 48.5 Å². The Labute approximate surface area is 257 Å². The van der Waals surface area contributed by atoms with Gasteiger partial charge in [0.2, 0.25) is 0 Å². The van der Waals surface area contributed by atoms with Crippen LogP contribution in [0.25, 0.3) is 10.6 Å². The van der Waals surface area contributed by atoms with Crippen LogP contribution in [0.1, 0.15) is 48.7 Å². The molecule has 11 nitrogen and oxygen atoms in total. The summed E-state index contributed by atoms with van der Waals surface area (Å²) in [6.07, 6.45) is 6.77. The average Bonchev–Trinajstić information content (AvgIpc) is 3.57. The number of carbonyl (C=O) groups is 1. The SMILES string of the molecule is CCc1cc(Nc2nc(NC3CCOCC3)c(-c3cncs3)nc2C(N)=O)ccc1N1CCC(N2CCN(C)CC2)CC1. The molecule has 3 saturated heterocycles. The molecule has 0 aliphatic carbocycles. The number of benzene rings is 1. The van der Waals surface area contributed by atoms with Crippen LogP contribution in [0.3, 0.4) is 0 Å². The van der Waals surface area contributed by atoms with Crippen LogP contribution in [0.5, 0.6) is 0 Å². The van der Waals surface area contributed by atoms with Gasteiger partial charge in [-0.05, 0) is 62.9 Å². The van der Waals surface area contributed by atoms with Gasteiger partial charge >= 0.3 is 0 Å². The molecule has 3 aromatic rings. The monoisotopic (exact) mass is 605 g/mol. The number of likely N-dealkylation sites (N-methyl/N-ethyl adjacent to an activating group) is 1. The summed E-state index contributed by atoms with van der Waals surface area (Å²) in [7, 11) is 2.22. The second kappa shape index (κ2) is 13.5. The molecular weight excluding hydrogens is 562 g/mol. The lowest BCUT2D eigenvalue weighted by atomic mass is 10.00. The van der Waals surface area contributed by atoms with Crippen LogP contribution in [-0.2, 0) is 11.2 Å². The molecule has 0 bridgehead atoms. The van der Waals surface area contributed by atoms with Gasteiger partial charge < -0.3 is 30.9 Å². The number of carbonyl (C=O) groups excluding carboxylic acids is 1. The first-order chi connectivity index (χ1) is 21.0. The van der Waals surface area contributed by atoms with Crippen molar-refractivity contribution in [2.45, 2.75) is 51.1 Å². The second-order valence-electron chi connectivity index (χ2n) is 11.8. The fourth-order valence-corrected chi connectivity index (χ4v) is 7.00. The first-order valence-corrected chi connectivity index (χ1v) is 16.4. The fourth-order valence-electron chi connectivity index (χ4n) is 6.39. The average molecular weight is 606 g/mol. The van der Waals surface area contributed by atoms with E-state index in [4.69, 9.17) is 20.4 Å². The Kier molecular flexibility index (Phi) is 9.37. The van der Waals surface area contributed by atoms with Crippen LogP contribution in [-0.4, -0.2) is 102 Å². The minimum absolute atomic E-state index is 0.106. The van der Waals surface area contributed by atoms with Crippen molar-refractivity contribution in [2.24, 2.45) is 5.73 Å².